The first-order valence-corrected chi connectivity index (χ1v) is 9.22. The van der Waals surface area contributed by atoms with Gasteiger partial charge in [0.25, 0.3) is 5.56 Å². The predicted octanol–water partition coefficient (Wildman–Crippen LogP) is 2.00. The van der Waals surface area contributed by atoms with Crippen molar-refractivity contribution >= 4 is 16.8 Å². The summed E-state index contributed by atoms with van der Waals surface area (Å²) in [5.74, 6) is -1.15. The molecule has 2 aromatic heterocycles. The molecule has 0 radical (unpaired) electrons. The van der Waals surface area contributed by atoms with E-state index in [0.717, 1.165) is 9.13 Å². The molecule has 2 heterocycles. The maximum atomic E-state index is 14.3. The van der Waals surface area contributed by atoms with Crippen LogP contribution in [0.25, 0.3) is 16.6 Å². The summed E-state index contributed by atoms with van der Waals surface area (Å²) in [5.41, 5.74) is -0.643. The zero-order valence-electron chi connectivity index (χ0n) is 15.8. The number of pyridine rings is 1. The smallest absolute Gasteiger partial charge is 0.336 e. The van der Waals surface area contributed by atoms with Gasteiger partial charge in [0.05, 0.1) is 28.8 Å². The number of benzene rings is 2. The Hall–Kier alpha value is -4.07. The van der Waals surface area contributed by atoms with Gasteiger partial charge in [0, 0.05) is 6.20 Å². The maximum Gasteiger partial charge on any atom is 0.336 e. The van der Waals surface area contributed by atoms with Crippen molar-refractivity contribution in [2.75, 3.05) is 0 Å². The van der Waals surface area contributed by atoms with Gasteiger partial charge in [-0.25, -0.2) is 13.8 Å². The number of hydrogen-bond donors (Lipinski definition) is 1. The molecule has 30 heavy (non-hydrogen) atoms. The zero-order valence-corrected chi connectivity index (χ0v) is 15.8. The van der Waals surface area contributed by atoms with Gasteiger partial charge in [-0.05, 0) is 36.4 Å². The van der Waals surface area contributed by atoms with Gasteiger partial charge in [0.2, 0.25) is 5.91 Å². The summed E-state index contributed by atoms with van der Waals surface area (Å²) >= 11 is 0. The largest absolute Gasteiger partial charge is 0.349 e. The summed E-state index contributed by atoms with van der Waals surface area (Å²) in [4.78, 5) is 42.7. The van der Waals surface area contributed by atoms with Gasteiger partial charge in [0.15, 0.2) is 0 Å². The second-order valence-corrected chi connectivity index (χ2v) is 6.58. The van der Waals surface area contributed by atoms with Crippen molar-refractivity contribution < 1.29 is 9.18 Å². The van der Waals surface area contributed by atoms with Gasteiger partial charge >= 0.3 is 5.69 Å². The Morgan fingerprint density at radius 3 is 2.47 bits per heavy atom. The lowest BCUT2D eigenvalue weighted by atomic mass is 10.2. The van der Waals surface area contributed by atoms with Gasteiger partial charge in [-0.3, -0.25) is 19.1 Å². The van der Waals surface area contributed by atoms with E-state index in [1.165, 1.54) is 30.3 Å². The minimum atomic E-state index is -0.795. The Morgan fingerprint density at radius 1 is 0.967 bits per heavy atom. The molecule has 4 rings (SSSR count). The lowest BCUT2D eigenvalue weighted by Crippen LogP contribution is -2.42. The van der Waals surface area contributed by atoms with Crippen LogP contribution in [0.3, 0.4) is 0 Å². The summed E-state index contributed by atoms with van der Waals surface area (Å²) in [6.07, 6.45) is 1.61. The zero-order chi connectivity index (χ0) is 21.1. The lowest BCUT2D eigenvalue weighted by Gasteiger charge is -2.14. The highest BCUT2D eigenvalue weighted by Gasteiger charge is 2.18. The molecule has 0 bridgehead atoms. The standard InChI is InChI=1S/C22H17FN4O3/c23-17-9-2-4-11-19(17)27-21(29)16-8-1-3-10-18(16)26(22(27)30)14-20(28)25-13-15-7-5-6-12-24-15/h1-12H,13-14H2,(H,25,28). The van der Waals surface area contributed by atoms with Gasteiger partial charge < -0.3 is 5.32 Å². The minimum absolute atomic E-state index is 0.166. The number of halogens is 1. The van der Waals surface area contributed by atoms with Crippen molar-refractivity contribution in [2.45, 2.75) is 13.1 Å². The lowest BCUT2D eigenvalue weighted by molar-refractivity contribution is -0.121. The fourth-order valence-corrected chi connectivity index (χ4v) is 3.21. The molecule has 1 N–H and O–H groups in total. The van der Waals surface area contributed by atoms with Crippen molar-refractivity contribution in [2.24, 2.45) is 0 Å². The molecule has 0 spiro atoms. The number of hydrogen-bond acceptors (Lipinski definition) is 4. The van der Waals surface area contributed by atoms with E-state index < -0.39 is 23.0 Å². The molecule has 0 saturated heterocycles. The SMILES string of the molecule is O=C(Cn1c(=O)n(-c2ccccc2F)c(=O)c2ccccc21)NCc1ccccn1. The molecule has 1 amide bonds. The first-order chi connectivity index (χ1) is 14.6. The molecular formula is C22H17FN4O3. The molecule has 0 atom stereocenters. The van der Waals surface area contributed by atoms with E-state index in [4.69, 9.17) is 0 Å². The number of para-hydroxylation sites is 2. The van der Waals surface area contributed by atoms with Crippen molar-refractivity contribution in [1.82, 2.24) is 19.4 Å². The van der Waals surface area contributed by atoms with Crippen LogP contribution in [0.1, 0.15) is 5.69 Å². The molecule has 0 unspecified atom stereocenters. The number of carbonyl (C=O) groups is 1. The average Bonchev–Trinajstić information content (AvgIpc) is 2.77. The maximum absolute atomic E-state index is 14.3. The number of fused-ring (bicyclic) bond motifs is 1. The van der Waals surface area contributed by atoms with Crippen LogP contribution in [0.15, 0.2) is 82.5 Å². The quantitative estimate of drug-likeness (QED) is 0.551. The molecule has 150 valence electrons. The van der Waals surface area contributed by atoms with Gasteiger partial charge in [-0.15, -0.1) is 0 Å². The third-order valence-corrected chi connectivity index (χ3v) is 4.64. The molecule has 2 aromatic carbocycles. The fourth-order valence-electron chi connectivity index (χ4n) is 3.21. The Kier molecular flexibility index (Phi) is 5.21. The van der Waals surface area contributed by atoms with Gasteiger partial charge in [-0.1, -0.05) is 30.3 Å². The van der Waals surface area contributed by atoms with E-state index in [1.54, 1.807) is 42.6 Å². The van der Waals surface area contributed by atoms with Crippen LogP contribution in [0, 0.1) is 5.82 Å². The second kappa shape index (κ2) is 8.12. The van der Waals surface area contributed by atoms with Crippen LogP contribution < -0.4 is 16.6 Å². The first-order valence-electron chi connectivity index (χ1n) is 9.22. The second-order valence-electron chi connectivity index (χ2n) is 6.58. The fraction of sp³-hybridized carbons (Fsp3) is 0.0909. The summed E-state index contributed by atoms with van der Waals surface area (Å²) < 4.78 is 16.3. The molecule has 7 nitrogen and oxygen atoms in total. The van der Waals surface area contributed by atoms with E-state index >= 15 is 0 Å². The van der Waals surface area contributed by atoms with Crippen LogP contribution in [-0.4, -0.2) is 20.0 Å². The van der Waals surface area contributed by atoms with Crippen molar-refractivity contribution in [3.8, 4) is 5.69 Å². The average molecular weight is 404 g/mol. The highest BCUT2D eigenvalue weighted by molar-refractivity contribution is 5.81. The molecule has 4 aromatic rings. The number of rotatable bonds is 5. The van der Waals surface area contributed by atoms with Gasteiger partial charge in [-0.2, -0.15) is 0 Å². The number of nitrogens with one attached hydrogen (secondary N) is 1. The number of carbonyl (C=O) groups excluding carboxylic acids is 1. The van der Waals surface area contributed by atoms with E-state index in [1.807, 2.05) is 0 Å². The van der Waals surface area contributed by atoms with E-state index in [9.17, 15) is 18.8 Å². The third-order valence-electron chi connectivity index (χ3n) is 4.64. The molecular weight excluding hydrogens is 387 g/mol. The molecule has 0 saturated carbocycles. The van der Waals surface area contributed by atoms with Crippen LogP contribution >= 0.6 is 0 Å². The van der Waals surface area contributed by atoms with Crippen LogP contribution in [0.2, 0.25) is 0 Å². The monoisotopic (exact) mass is 404 g/mol. The van der Waals surface area contributed by atoms with Gasteiger partial charge in [0.1, 0.15) is 12.4 Å². The highest BCUT2D eigenvalue weighted by atomic mass is 19.1. The van der Waals surface area contributed by atoms with Crippen molar-refractivity contribution in [3.05, 3.63) is 105 Å². The van der Waals surface area contributed by atoms with Crippen LogP contribution in [-0.2, 0) is 17.9 Å². The Balaban J connectivity index is 1.78. The van der Waals surface area contributed by atoms with Crippen molar-refractivity contribution in [1.29, 1.82) is 0 Å². The minimum Gasteiger partial charge on any atom is -0.349 e. The molecule has 8 heteroatoms. The summed E-state index contributed by atoms with van der Waals surface area (Å²) in [6.45, 7) is -0.139. The number of nitrogens with zero attached hydrogens (tertiary/aromatic N) is 3. The third kappa shape index (κ3) is 3.62. The van der Waals surface area contributed by atoms with Crippen molar-refractivity contribution in [3.63, 3.8) is 0 Å². The number of amides is 1. The first kappa shape index (κ1) is 19.3. The van der Waals surface area contributed by atoms with E-state index in [2.05, 4.69) is 10.3 Å². The Labute approximate surface area is 170 Å². The summed E-state index contributed by atoms with van der Waals surface area (Å²) in [5, 5.41) is 2.91. The summed E-state index contributed by atoms with van der Waals surface area (Å²) in [6, 6.07) is 17.3. The van der Waals surface area contributed by atoms with E-state index in [0.29, 0.717) is 11.2 Å². The predicted molar refractivity (Wildman–Crippen MR) is 110 cm³/mol. The Bertz CT molecular complexity index is 1350. The Morgan fingerprint density at radius 2 is 1.70 bits per heavy atom. The highest BCUT2D eigenvalue weighted by Crippen LogP contribution is 2.12. The number of aromatic nitrogens is 3. The molecule has 0 aliphatic carbocycles. The summed E-state index contributed by atoms with van der Waals surface area (Å²) in [7, 11) is 0. The molecule has 0 aliphatic heterocycles. The van der Waals surface area contributed by atoms with E-state index in [-0.39, 0.29) is 24.2 Å². The normalized spacial score (nSPS) is 10.8. The topological polar surface area (TPSA) is 86.0 Å². The molecule has 0 aliphatic rings. The molecule has 0 fully saturated rings. The van der Waals surface area contributed by atoms with Crippen LogP contribution in [0.5, 0.6) is 0 Å². The van der Waals surface area contributed by atoms with Crippen LogP contribution in [0.4, 0.5) is 4.39 Å².